The van der Waals surface area contributed by atoms with Crippen LogP contribution in [0.3, 0.4) is 0 Å². The van der Waals surface area contributed by atoms with Crippen LogP contribution in [0.4, 0.5) is 8.78 Å². The van der Waals surface area contributed by atoms with Gasteiger partial charge in [-0.05, 0) is 62.4 Å². The summed E-state index contributed by atoms with van der Waals surface area (Å²) in [6.45, 7) is 3.78. The number of carbonyl (C=O) groups excluding carboxylic acids is 2. The van der Waals surface area contributed by atoms with E-state index in [1.54, 1.807) is 50.4 Å². The fourth-order valence-corrected chi connectivity index (χ4v) is 6.13. The highest BCUT2D eigenvalue weighted by Crippen LogP contribution is 2.42. The molecule has 0 unspecified atom stereocenters. The molecule has 0 saturated heterocycles. The first-order valence-electron chi connectivity index (χ1n) is 15.7. The predicted octanol–water partition coefficient (Wildman–Crippen LogP) is 7.89. The average molecular weight is 695 g/mol. The molecule has 14 heteroatoms. The lowest BCUT2D eigenvalue weighted by atomic mass is 10.0. The quantitative estimate of drug-likeness (QED) is 0.141. The van der Waals surface area contributed by atoms with Gasteiger partial charge in [-0.1, -0.05) is 0 Å². The van der Waals surface area contributed by atoms with E-state index in [-0.39, 0.29) is 46.7 Å². The predicted molar refractivity (Wildman–Crippen MR) is 184 cm³/mol. The number of carbonyl (C=O) groups is 2. The number of methoxy groups -OCH3 is 1. The van der Waals surface area contributed by atoms with Crippen LogP contribution in [0.1, 0.15) is 34.8 Å². The van der Waals surface area contributed by atoms with Crippen LogP contribution < -0.4 is 10.3 Å². The minimum atomic E-state index is -0.628. The molecule has 0 saturated carbocycles. The number of nitrogens with zero attached hydrogens (tertiary/aromatic N) is 1. The molecule has 6 aromatic heterocycles. The fourth-order valence-electron chi connectivity index (χ4n) is 6.13. The number of fused-ring (bicyclic) bond motifs is 6. The van der Waals surface area contributed by atoms with Crippen molar-refractivity contribution in [3.63, 3.8) is 0 Å². The Kier molecular flexibility index (Phi) is 8.57. The summed E-state index contributed by atoms with van der Waals surface area (Å²) in [6.07, 6.45) is 5.86. The van der Waals surface area contributed by atoms with E-state index in [9.17, 15) is 23.2 Å². The first kappa shape index (κ1) is 32.8. The molecule has 0 aliphatic rings. The Labute approximate surface area is 285 Å². The number of ether oxygens (including phenoxy) is 3. The molecule has 12 nitrogen and oxygen atoms in total. The second-order valence-electron chi connectivity index (χ2n) is 11.1. The lowest BCUT2D eigenvalue weighted by molar-refractivity contribution is 0.0512. The molecule has 0 aliphatic heterocycles. The molecule has 0 radical (unpaired) electrons. The van der Waals surface area contributed by atoms with Gasteiger partial charge in [0, 0.05) is 29.1 Å². The number of H-pyrrole nitrogens is 3. The van der Waals surface area contributed by atoms with E-state index < -0.39 is 23.6 Å². The van der Waals surface area contributed by atoms with Gasteiger partial charge in [0.1, 0.15) is 34.2 Å². The number of aromatic amines is 3. The van der Waals surface area contributed by atoms with Crippen LogP contribution in [0.2, 0.25) is 0 Å². The zero-order valence-corrected chi connectivity index (χ0v) is 27.3. The average Bonchev–Trinajstić information content (AvgIpc) is 3.94. The van der Waals surface area contributed by atoms with Gasteiger partial charge in [-0.3, -0.25) is 4.79 Å². The van der Waals surface area contributed by atoms with E-state index in [1.807, 2.05) is 0 Å². The molecule has 0 fully saturated rings. The minimum absolute atomic E-state index is 0.0804. The minimum Gasteiger partial charge on any atom is -0.481 e. The fraction of sp³-hybridized carbons (Fsp3) is 0.135. The third-order valence-electron chi connectivity index (χ3n) is 8.18. The molecule has 2 aromatic carbocycles. The summed E-state index contributed by atoms with van der Waals surface area (Å²) in [4.78, 5) is 49.8. The maximum Gasteiger partial charge on any atom is 0.355 e. The van der Waals surface area contributed by atoms with Crippen molar-refractivity contribution < 1.29 is 41.4 Å². The van der Waals surface area contributed by atoms with Gasteiger partial charge in [0.15, 0.2) is 0 Å². The van der Waals surface area contributed by atoms with Gasteiger partial charge in [0.05, 0.1) is 71.0 Å². The SMILES string of the molecule is CCOC(=O)c1[nH]c2cc(F)c3ccoc3c2c1-c1ccc[nH]c1=O.CCOC(=O)c1[nH]c2cc(F)c3ccoc3c2c1-c1cccnc1OC. The third-order valence-corrected chi connectivity index (χ3v) is 8.18. The normalized spacial score (nSPS) is 11.2. The van der Waals surface area contributed by atoms with Gasteiger partial charge in [-0.25, -0.2) is 23.4 Å². The standard InChI is InChI=1S/C19H15FN2O4.C18H13FN2O4/c1-3-25-19(23)16-14(11-5-4-7-21-18(11)24-2)15-13(22-16)9-12(20)10-6-8-26-17(10)15;1-2-24-18(23)15-13(10-4-3-6-20-17(10)22)14-12(21-15)8-11(19)9-5-7-25-16(9)14/h4-9,22H,3H2,1-2H3;3-8,21H,2H2,1H3,(H,20,22). The van der Waals surface area contributed by atoms with Gasteiger partial charge >= 0.3 is 11.9 Å². The van der Waals surface area contributed by atoms with Crippen LogP contribution in [-0.2, 0) is 9.47 Å². The molecule has 8 aromatic rings. The summed E-state index contributed by atoms with van der Waals surface area (Å²) < 4.78 is 55.2. The van der Waals surface area contributed by atoms with E-state index in [1.165, 1.54) is 44.0 Å². The number of nitrogens with one attached hydrogen (secondary N) is 3. The molecular weight excluding hydrogens is 666 g/mol. The number of esters is 2. The Hall–Kier alpha value is -6.70. The van der Waals surface area contributed by atoms with Crippen molar-refractivity contribution in [2.75, 3.05) is 20.3 Å². The number of hydrogen-bond donors (Lipinski definition) is 3. The van der Waals surface area contributed by atoms with Crippen LogP contribution in [0, 0.1) is 11.6 Å². The summed E-state index contributed by atoms with van der Waals surface area (Å²) in [5, 5.41) is 1.63. The second kappa shape index (κ2) is 13.3. The highest BCUT2D eigenvalue weighted by atomic mass is 19.1. The largest absolute Gasteiger partial charge is 0.481 e. The first-order valence-corrected chi connectivity index (χ1v) is 15.7. The summed E-state index contributed by atoms with van der Waals surface area (Å²) in [7, 11) is 1.49. The molecule has 0 amide bonds. The number of rotatable bonds is 7. The van der Waals surface area contributed by atoms with Gasteiger partial charge in [-0.2, -0.15) is 0 Å². The second-order valence-corrected chi connectivity index (χ2v) is 11.1. The zero-order valence-electron chi connectivity index (χ0n) is 27.3. The summed E-state index contributed by atoms with van der Waals surface area (Å²) in [5.74, 6) is -1.77. The highest BCUT2D eigenvalue weighted by molar-refractivity contribution is 6.18. The summed E-state index contributed by atoms with van der Waals surface area (Å²) in [6, 6.07) is 12.4. The van der Waals surface area contributed by atoms with Crippen molar-refractivity contribution in [3.05, 3.63) is 107 Å². The van der Waals surface area contributed by atoms with E-state index >= 15 is 0 Å². The van der Waals surface area contributed by atoms with Gasteiger partial charge in [-0.15, -0.1) is 0 Å². The van der Waals surface area contributed by atoms with Crippen molar-refractivity contribution in [2.24, 2.45) is 0 Å². The van der Waals surface area contributed by atoms with Gasteiger partial charge in [0.25, 0.3) is 5.56 Å². The summed E-state index contributed by atoms with van der Waals surface area (Å²) >= 11 is 0. The number of pyridine rings is 2. The molecule has 0 spiro atoms. The van der Waals surface area contributed by atoms with Gasteiger partial charge in [0.2, 0.25) is 5.88 Å². The Morgan fingerprint density at radius 1 is 0.784 bits per heavy atom. The number of benzene rings is 2. The van der Waals surface area contributed by atoms with Crippen molar-refractivity contribution in [2.45, 2.75) is 13.8 Å². The molecule has 0 aliphatic carbocycles. The van der Waals surface area contributed by atoms with Gasteiger partial charge < -0.3 is 38.0 Å². The van der Waals surface area contributed by atoms with Crippen LogP contribution in [-0.4, -0.2) is 52.2 Å². The van der Waals surface area contributed by atoms with Crippen molar-refractivity contribution in [1.29, 1.82) is 0 Å². The number of aromatic nitrogens is 4. The molecule has 6 heterocycles. The maximum atomic E-state index is 14.4. The lowest BCUT2D eigenvalue weighted by Crippen LogP contribution is -2.11. The Morgan fingerprint density at radius 2 is 1.31 bits per heavy atom. The molecular formula is C37H28F2N4O8. The first-order chi connectivity index (χ1) is 24.8. The van der Waals surface area contributed by atoms with E-state index in [2.05, 4.69) is 19.9 Å². The third kappa shape index (κ3) is 5.56. The van der Waals surface area contributed by atoms with Crippen LogP contribution in [0.25, 0.3) is 66.0 Å². The monoisotopic (exact) mass is 694 g/mol. The molecule has 0 bridgehead atoms. The zero-order chi connectivity index (χ0) is 35.8. The molecule has 3 N–H and O–H groups in total. The van der Waals surface area contributed by atoms with Crippen LogP contribution in [0.15, 0.2) is 87.1 Å². The molecule has 51 heavy (non-hydrogen) atoms. The molecule has 0 atom stereocenters. The van der Waals surface area contributed by atoms with E-state index in [4.69, 9.17) is 23.0 Å². The summed E-state index contributed by atoms with van der Waals surface area (Å²) in [5.41, 5.74) is 2.95. The maximum absolute atomic E-state index is 14.4. The van der Waals surface area contributed by atoms with Crippen molar-refractivity contribution >= 4 is 55.7 Å². The van der Waals surface area contributed by atoms with Crippen molar-refractivity contribution in [1.82, 2.24) is 19.9 Å². The lowest BCUT2D eigenvalue weighted by Gasteiger charge is -2.09. The van der Waals surface area contributed by atoms with E-state index in [0.717, 1.165) is 0 Å². The Morgan fingerprint density at radius 3 is 1.82 bits per heavy atom. The van der Waals surface area contributed by atoms with Crippen LogP contribution >= 0.6 is 0 Å². The Bertz CT molecular complexity index is 2660. The number of furan rings is 2. The number of halogens is 2. The Balaban J connectivity index is 0.000000159. The number of hydrogen-bond acceptors (Lipinski definition) is 9. The molecule has 8 rings (SSSR count). The highest BCUT2D eigenvalue weighted by Gasteiger charge is 2.27. The van der Waals surface area contributed by atoms with Crippen molar-refractivity contribution in [3.8, 4) is 28.1 Å². The molecule has 258 valence electrons. The van der Waals surface area contributed by atoms with E-state index in [0.29, 0.717) is 55.3 Å². The van der Waals surface area contributed by atoms with Crippen LogP contribution in [0.5, 0.6) is 5.88 Å². The topological polar surface area (TPSA) is 165 Å². The smallest absolute Gasteiger partial charge is 0.355 e.